The van der Waals surface area contributed by atoms with E-state index in [2.05, 4.69) is 143 Å². The molecule has 0 unspecified atom stereocenters. The number of carbonyl (C=O) groups is 2. The summed E-state index contributed by atoms with van der Waals surface area (Å²) in [6, 6.07) is 1.47. The van der Waals surface area contributed by atoms with Crippen molar-refractivity contribution in [2.75, 3.05) is 53.1 Å². The van der Waals surface area contributed by atoms with Gasteiger partial charge in [-0.3, -0.25) is 9.58 Å². The van der Waals surface area contributed by atoms with Crippen LogP contribution in [0.15, 0.2) is 47.8 Å². The molecular weight excluding hydrogens is 1220 g/mol. The van der Waals surface area contributed by atoms with Crippen LogP contribution < -0.4 is 10.6 Å². The Morgan fingerprint density at radius 2 is 1.07 bits per heavy atom. The first-order valence-electron chi connectivity index (χ1n) is 37.3. The van der Waals surface area contributed by atoms with Gasteiger partial charge in [0.15, 0.2) is 13.0 Å². The number of carbonyl (C=O) groups excluding carboxylic acids is 2. The third-order valence-electron chi connectivity index (χ3n) is 22.4. The minimum Gasteiger partial charge on any atom is -0.453 e. The Balaban J connectivity index is 0.000000176. The third-order valence-corrected chi connectivity index (χ3v) is 23.3. The fourth-order valence-corrected chi connectivity index (χ4v) is 16.4. The molecule has 7 aliphatic carbocycles. The zero-order chi connectivity index (χ0) is 68.7. The van der Waals surface area contributed by atoms with Gasteiger partial charge in [0.1, 0.15) is 41.6 Å². The Morgan fingerprint density at radius 3 is 1.49 bits per heavy atom. The third kappa shape index (κ3) is 29.4. The quantitative estimate of drug-likeness (QED) is 0.101. The van der Waals surface area contributed by atoms with Crippen molar-refractivity contribution in [3.05, 3.63) is 54.2 Å². The molecule has 2 amide bonds. The highest BCUT2D eigenvalue weighted by Gasteiger charge is 2.33. The maximum atomic E-state index is 11.6. The van der Waals surface area contributed by atoms with Crippen LogP contribution in [-0.4, -0.2) is 127 Å². The number of hydrogen-bond donors (Lipinski definition) is 2. The molecular formula is C74H128F2N12O6S. The lowest BCUT2D eigenvalue weighted by Gasteiger charge is -2.39. The van der Waals surface area contributed by atoms with E-state index in [9.17, 15) is 18.4 Å². The molecule has 0 bridgehead atoms. The van der Waals surface area contributed by atoms with Gasteiger partial charge in [-0.2, -0.15) is 10.2 Å². The molecule has 8 aliphatic rings. The lowest BCUT2D eigenvalue weighted by molar-refractivity contribution is 0.00308. The number of nitrogens with one attached hydrogen (secondary N) is 2. The van der Waals surface area contributed by atoms with E-state index in [1.807, 2.05) is 33.7 Å². The fourth-order valence-electron chi connectivity index (χ4n) is 15.7. The number of halogens is 2. The van der Waals surface area contributed by atoms with Gasteiger partial charge in [0.25, 0.3) is 6.43 Å². The molecule has 1 saturated heterocycles. The summed E-state index contributed by atoms with van der Waals surface area (Å²) in [5, 5.41) is 22.8. The predicted octanol–water partition coefficient (Wildman–Crippen LogP) is 17.6. The van der Waals surface area contributed by atoms with Crippen molar-refractivity contribution >= 4 is 23.5 Å². The maximum Gasteiger partial charge on any atom is 0.407 e. The van der Waals surface area contributed by atoms with E-state index < -0.39 is 19.1 Å². The van der Waals surface area contributed by atoms with Crippen LogP contribution in [-0.2, 0) is 20.8 Å². The Bertz CT molecular complexity index is 2390. The second-order valence-electron chi connectivity index (χ2n) is 31.1. The van der Waals surface area contributed by atoms with Crippen LogP contribution >= 0.6 is 11.3 Å². The average Bonchev–Trinajstić information content (AvgIpc) is 3.09. The zero-order valence-electron chi connectivity index (χ0n) is 60.9. The highest BCUT2D eigenvalue weighted by Crippen LogP contribution is 2.42. The van der Waals surface area contributed by atoms with Crippen molar-refractivity contribution < 1.29 is 37.0 Å². The summed E-state index contributed by atoms with van der Waals surface area (Å²) in [6.45, 7) is 33.5. The highest BCUT2D eigenvalue weighted by molar-refractivity contribution is 7.09. The van der Waals surface area contributed by atoms with Gasteiger partial charge in [0.05, 0.1) is 32.6 Å². The fraction of sp³-hybridized carbons (Fsp3) is 0.851. The van der Waals surface area contributed by atoms with E-state index in [4.69, 9.17) is 9.15 Å². The highest BCUT2D eigenvalue weighted by atomic mass is 32.1. The van der Waals surface area contributed by atoms with Crippen LogP contribution in [0.2, 0.25) is 0 Å². The summed E-state index contributed by atoms with van der Waals surface area (Å²) < 4.78 is 46.7. The SMILES string of the molecule is CC(C)C1CC(Cn2cncn2)C1.CC(C)C1CCC(N2CCOCC2)CC1.CC(C)C1CCC(c2cnco2)CC1.CC(C)C1CCC(c2nncs2)CC1.CC(C)C1CCC(n2cncn2)CC1.CC1CC(CNC(=O)OCC(F)F)C1.COC(=O)NCC1CC(C)C1. The van der Waals surface area contributed by atoms with E-state index in [1.54, 1.807) is 30.4 Å². The molecule has 8 fully saturated rings. The lowest BCUT2D eigenvalue weighted by Crippen LogP contribution is -2.45. The van der Waals surface area contributed by atoms with E-state index in [-0.39, 0.29) is 6.09 Å². The molecule has 0 radical (unpaired) electrons. The van der Waals surface area contributed by atoms with E-state index in [1.165, 1.54) is 141 Å². The lowest BCUT2D eigenvalue weighted by atomic mass is 9.69. The molecule has 2 N–H and O–H groups in total. The van der Waals surface area contributed by atoms with E-state index >= 15 is 0 Å². The number of methoxy groups -OCH3 is 1. The van der Waals surface area contributed by atoms with Crippen LogP contribution in [0.3, 0.4) is 0 Å². The number of alkyl carbamates (subject to hydrolysis) is 2. The molecule has 5 heterocycles. The molecule has 18 nitrogen and oxygen atoms in total. The number of aromatic nitrogens is 9. The van der Waals surface area contributed by atoms with Crippen molar-refractivity contribution in [1.29, 1.82) is 0 Å². The minimum absolute atomic E-state index is 0.315. The molecule has 540 valence electrons. The number of alkyl halides is 2. The van der Waals surface area contributed by atoms with Crippen molar-refractivity contribution in [2.24, 2.45) is 88.8 Å². The van der Waals surface area contributed by atoms with Gasteiger partial charge in [-0.05, 0) is 230 Å². The average molecular weight is 1350 g/mol. The maximum absolute atomic E-state index is 11.6. The summed E-state index contributed by atoms with van der Waals surface area (Å²) in [5.41, 5.74) is 1.85. The second kappa shape index (κ2) is 43.0. The monoisotopic (exact) mass is 1350 g/mol. The molecule has 95 heavy (non-hydrogen) atoms. The molecule has 12 rings (SSSR count). The summed E-state index contributed by atoms with van der Waals surface area (Å²) in [4.78, 5) is 36.0. The van der Waals surface area contributed by atoms with Crippen molar-refractivity contribution in [2.45, 2.75) is 261 Å². The largest absolute Gasteiger partial charge is 0.453 e. The number of morpholine rings is 1. The molecule has 7 saturated carbocycles. The van der Waals surface area contributed by atoms with Crippen molar-refractivity contribution in [1.82, 2.24) is 60.2 Å². The van der Waals surface area contributed by atoms with Crippen molar-refractivity contribution in [3.8, 4) is 0 Å². The standard InChI is InChI=1S/C13H25NO.C12H19NO.C11H19N3.C11H18N2S.C10H17N3.C9H15F2NO2.C8H15NO2/c1-11(2)12-3-5-13(6-4-12)14-7-9-15-10-8-14;1-9(2)10-3-5-11(6-4-10)12-7-13-8-14-12;1-9(2)10-3-5-11(6-4-10)14-8-12-7-13-14;1-8(2)9-3-5-10(6-4-9)11-13-12-7-14-11;1-8(2)10-3-9(4-10)5-13-7-11-6-12-13;1-6-2-7(3-6)4-12-9(13)14-5-8(10)11;1-6-3-7(4-6)5-9-8(10)11-2/h11-13H,3-10H2,1-2H3;2*7-11H,3-6H2,1-2H3;7-10H,3-6H2,1-2H3;6-10H,3-5H2,1-2H3;6-8H,2-5H2,1H3,(H,12,13);6-7H,3-5H2,1-2H3,(H,9,10). The molecule has 4 aromatic rings. The molecule has 0 spiro atoms. The first-order chi connectivity index (χ1) is 45.6. The second-order valence-corrected chi connectivity index (χ2v) is 32.0. The first kappa shape index (κ1) is 79.4. The van der Waals surface area contributed by atoms with Gasteiger partial charge in [0, 0.05) is 50.6 Å². The topological polar surface area (TPSA) is 202 Å². The first-order valence-corrected chi connectivity index (χ1v) is 38.1. The van der Waals surface area contributed by atoms with Crippen molar-refractivity contribution in [3.63, 3.8) is 0 Å². The molecule has 21 heteroatoms. The van der Waals surface area contributed by atoms with Crippen LogP contribution in [0.1, 0.15) is 253 Å². The number of ether oxygens (including phenoxy) is 3. The number of amides is 2. The Morgan fingerprint density at radius 1 is 0.589 bits per heavy atom. The molecule has 0 atom stereocenters. The van der Waals surface area contributed by atoms with Crippen LogP contribution in [0.5, 0.6) is 0 Å². The normalized spacial score (nSPS) is 28.9. The zero-order valence-corrected chi connectivity index (χ0v) is 61.7. The smallest absolute Gasteiger partial charge is 0.407 e. The van der Waals surface area contributed by atoms with Gasteiger partial charge < -0.3 is 29.3 Å². The van der Waals surface area contributed by atoms with Crippen LogP contribution in [0.4, 0.5) is 18.4 Å². The van der Waals surface area contributed by atoms with Gasteiger partial charge in [-0.15, -0.1) is 21.5 Å². The van der Waals surface area contributed by atoms with Gasteiger partial charge in [-0.25, -0.2) is 38.0 Å². The van der Waals surface area contributed by atoms with E-state index in [0.717, 1.165) is 141 Å². The number of oxazole rings is 1. The summed E-state index contributed by atoms with van der Waals surface area (Å²) in [7, 11) is 1.39. The van der Waals surface area contributed by atoms with Crippen LogP contribution in [0.25, 0.3) is 0 Å². The molecule has 1 aliphatic heterocycles. The summed E-state index contributed by atoms with van der Waals surface area (Å²) in [5.74, 6) is 15.0. The minimum atomic E-state index is -2.59. The number of hydrogen-bond acceptors (Lipinski definition) is 15. The summed E-state index contributed by atoms with van der Waals surface area (Å²) >= 11 is 1.72. The number of rotatable bonds is 17. The van der Waals surface area contributed by atoms with Crippen LogP contribution in [0, 0.1) is 88.8 Å². The van der Waals surface area contributed by atoms with E-state index in [0.29, 0.717) is 36.3 Å². The predicted molar refractivity (Wildman–Crippen MR) is 375 cm³/mol. The molecule has 4 aromatic heterocycles. The van der Waals surface area contributed by atoms with Gasteiger partial charge >= 0.3 is 12.2 Å². The number of nitrogens with zero attached hydrogens (tertiary/aromatic N) is 10. The molecule has 0 aromatic carbocycles. The Kier molecular flexibility index (Phi) is 35.9. The summed E-state index contributed by atoms with van der Waals surface area (Å²) in [6.07, 6.45) is 35.7. The Hall–Kier alpha value is -4.63. The van der Waals surface area contributed by atoms with Gasteiger partial charge in [-0.1, -0.05) is 83.1 Å². The Labute approximate surface area is 575 Å². The van der Waals surface area contributed by atoms with Gasteiger partial charge in [0.2, 0.25) is 0 Å².